The predicted molar refractivity (Wildman–Crippen MR) is 116 cm³/mol. The van der Waals surface area contributed by atoms with Crippen molar-refractivity contribution in [1.82, 2.24) is 2.78 Å². The highest BCUT2D eigenvalue weighted by Crippen LogP contribution is 2.36. The first kappa shape index (κ1) is 22.1. The molecule has 0 saturated heterocycles. The Morgan fingerprint density at radius 2 is 1.89 bits per heavy atom. The lowest BCUT2D eigenvalue weighted by atomic mass is 10.0. The SMILES string of the molecule is CC#N.CC(N)CCCc1c(Oc2ccc(F)cc2)c(F)cc2c1ccn2I. The van der Waals surface area contributed by atoms with Gasteiger partial charge in [0.05, 0.1) is 34.5 Å². The van der Waals surface area contributed by atoms with E-state index >= 15 is 0 Å². The summed E-state index contributed by atoms with van der Waals surface area (Å²) in [6.45, 7) is 3.39. The van der Waals surface area contributed by atoms with Crippen molar-refractivity contribution in [1.29, 1.82) is 5.26 Å². The van der Waals surface area contributed by atoms with Crippen LogP contribution in [0.4, 0.5) is 8.78 Å². The van der Waals surface area contributed by atoms with Gasteiger partial charge >= 0.3 is 0 Å². The van der Waals surface area contributed by atoms with E-state index in [9.17, 15) is 8.78 Å². The molecule has 0 aliphatic rings. The molecule has 1 atom stereocenters. The van der Waals surface area contributed by atoms with Gasteiger partial charge in [-0.3, -0.25) is 2.78 Å². The molecule has 1 heterocycles. The molecule has 7 heteroatoms. The summed E-state index contributed by atoms with van der Waals surface area (Å²) in [6, 6.07) is 10.9. The van der Waals surface area contributed by atoms with E-state index in [4.69, 9.17) is 15.7 Å². The van der Waals surface area contributed by atoms with Crippen LogP contribution in [0.15, 0.2) is 42.6 Å². The van der Waals surface area contributed by atoms with E-state index in [0.717, 1.165) is 29.3 Å². The van der Waals surface area contributed by atoms with E-state index in [1.54, 1.807) is 6.07 Å². The van der Waals surface area contributed by atoms with Gasteiger partial charge in [-0.25, -0.2) is 8.78 Å². The van der Waals surface area contributed by atoms with Crippen LogP contribution in [-0.2, 0) is 6.42 Å². The first-order valence-corrected chi connectivity index (χ1v) is 9.82. The quantitative estimate of drug-likeness (QED) is 0.418. The van der Waals surface area contributed by atoms with Gasteiger partial charge in [-0.1, -0.05) is 0 Å². The Hall–Kier alpha value is -2.18. The molecule has 28 heavy (non-hydrogen) atoms. The Bertz CT molecular complexity index is 962. The molecular weight excluding hydrogens is 475 g/mol. The third kappa shape index (κ3) is 5.66. The number of benzene rings is 2. The standard InChI is InChI=1S/C19H19F2IN2O.C2H3N/c1-12(23)3-2-4-16-15-9-10-24(22)18(15)11-17(21)19(16)25-14-7-5-13(20)6-8-14;1-2-3/h5-12H,2-4,23H2,1H3;1H3. The monoisotopic (exact) mass is 497 g/mol. The van der Waals surface area contributed by atoms with Gasteiger partial charge in [-0.05, 0) is 56.5 Å². The number of nitrogens with zero attached hydrogens (tertiary/aromatic N) is 2. The van der Waals surface area contributed by atoms with Crippen LogP contribution in [0.5, 0.6) is 11.5 Å². The molecule has 2 N–H and O–H groups in total. The third-order valence-corrected chi connectivity index (χ3v) is 4.92. The number of hydrogen-bond acceptors (Lipinski definition) is 3. The molecule has 1 aromatic heterocycles. The minimum Gasteiger partial charge on any atom is -0.454 e. The van der Waals surface area contributed by atoms with Crippen molar-refractivity contribution in [2.75, 3.05) is 0 Å². The van der Waals surface area contributed by atoms with Crippen LogP contribution in [0.25, 0.3) is 10.9 Å². The summed E-state index contributed by atoms with van der Waals surface area (Å²) in [5, 5.41) is 8.28. The van der Waals surface area contributed by atoms with Crippen molar-refractivity contribution < 1.29 is 13.5 Å². The second-order valence-electron chi connectivity index (χ2n) is 6.37. The minimum absolute atomic E-state index is 0.0969. The molecule has 0 spiro atoms. The maximum absolute atomic E-state index is 14.7. The van der Waals surface area contributed by atoms with Crippen molar-refractivity contribution in [3.63, 3.8) is 0 Å². The molecule has 0 radical (unpaired) electrons. The van der Waals surface area contributed by atoms with Crippen LogP contribution in [0.2, 0.25) is 0 Å². The van der Waals surface area contributed by atoms with Crippen molar-refractivity contribution in [2.45, 2.75) is 39.2 Å². The molecule has 148 valence electrons. The van der Waals surface area contributed by atoms with Crippen molar-refractivity contribution in [3.05, 3.63) is 59.8 Å². The molecular formula is C21H22F2IN3O. The van der Waals surface area contributed by atoms with Gasteiger partial charge < -0.3 is 10.5 Å². The molecule has 1 unspecified atom stereocenters. The van der Waals surface area contributed by atoms with Crippen LogP contribution in [0.3, 0.4) is 0 Å². The van der Waals surface area contributed by atoms with E-state index in [-0.39, 0.29) is 17.6 Å². The summed E-state index contributed by atoms with van der Waals surface area (Å²) < 4.78 is 35.5. The zero-order valence-corrected chi connectivity index (χ0v) is 17.9. The number of aromatic nitrogens is 1. The van der Waals surface area contributed by atoms with Crippen LogP contribution in [0, 0.1) is 23.0 Å². The van der Waals surface area contributed by atoms with Crippen LogP contribution in [0.1, 0.15) is 32.3 Å². The lowest BCUT2D eigenvalue weighted by Crippen LogP contribution is -2.14. The lowest BCUT2D eigenvalue weighted by Gasteiger charge is -2.15. The summed E-state index contributed by atoms with van der Waals surface area (Å²) in [5.41, 5.74) is 7.45. The van der Waals surface area contributed by atoms with Gasteiger partial charge in [0.1, 0.15) is 11.6 Å². The molecule has 2 aromatic carbocycles. The van der Waals surface area contributed by atoms with Crippen molar-refractivity contribution in [2.24, 2.45) is 5.73 Å². The second-order valence-corrected chi connectivity index (χ2v) is 7.41. The number of rotatable bonds is 6. The number of nitrogens with two attached hydrogens (primary N) is 1. The average molecular weight is 497 g/mol. The molecule has 0 bridgehead atoms. The summed E-state index contributed by atoms with van der Waals surface area (Å²) in [5.74, 6) is -0.181. The molecule has 3 rings (SSSR count). The number of aryl methyl sites for hydroxylation is 1. The highest BCUT2D eigenvalue weighted by Gasteiger charge is 2.18. The van der Waals surface area contributed by atoms with Gasteiger partial charge in [0.2, 0.25) is 0 Å². The molecule has 0 aliphatic heterocycles. The molecule has 0 aliphatic carbocycles. The van der Waals surface area contributed by atoms with Crippen LogP contribution in [-0.4, -0.2) is 8.82 Å². The number of halogens is 3. The fourth-order valence-corrected chi connectivity index (χ4v) is 3.41. The Labute approximate surface area is 177 Å². The Kier molecular flexibility index (Phi) is 8.20. The zero-order valence-electron chi connectivity index (χ0n) is 15.8. The highest BCUT2D eigenvalue weighted by atomic mass is 127. The average Bonchev–Trinajstić information content (AvgIpc) is 3.00. The van der Waals surface area contributed by atoms with Gasteiger partial charge in [0, 0.05) is 36.2 Å². The van der Waals surface area contributed by atoms with Gasteiger partial charge in [-0.15, -0.1) is 0 Å². The molecule has 3 aromatic rings. The fourth-order valence-electron chi connectivity index (χ4n) is 2.85. The zero-order chi connectivity index (χ0) is 20.7. The molecule has 0 amide bonds. The van der Waals surface area contributed by atoms with E-state index in [1.165, 1.54) is 37.3 Å². The minimum atomic E-state index is -0.427. The van der Waals surface area contributed by atoms with Crippen LogP contribution >= 0.6 is 22.9 Å². The number of nitriles is 1. The van der Waals surface area contributed by atoms with E-state index in [2.05, 4.69) is 22.9 Å². The number of ether oxygens (including phenoxy) is 1. The van der Waals surface area contributed by atoms with Gasteiger partial charge in [0.25, 0.3) is 0 Å². The highest BCUT2D eigenvalue weighted by molar-refractivity contribution is 14.1. The summed E-state index contributed by atoms with van der Waals surface area (Å²) in [6.07, 6.45) is 4.23. The maximum Gasteiger partial charge on any atom is 0.168 e. The summed E-state index contributed by atoms with van der Waals surface area (Å²) >= 11 is 2.12. The Morgan fingerprint density at radius 3 is 2.50 bits per heavy atom. The van der Waals surface area contributed by atoms with Crippen molar-refractivity contribution >= 4 is 33.8 Å². The summed E-state index contributed by atoms with van der Waals surface area (Å²) in [7, 11) is 0. The molecule has 0 saturated carbocycles. The summed E-state index contributed by atoms with van der Waals surface area (Å²) in [4.78, 5) is 0. The fraction of sp³-hybridized carbons (Fsp3) is 0.286. The lowest BCUT2D eigenvalue weighted by molar-refractivity contribution is 0.435. The molecule has 4 nitrogen and oxygen atoms in total. The number of fused-ring (bicyclic) bond motifs is 1. The van der Waals surface area contributed by atoms with E-state index < -0.39 is 5.82 Å². The topological polar surface area (TPSA) is 64.0 Å². The second kappa shape index (κ2) is 10.4. The largest absolute Gasteiger partial charge is 0.454 e. The smallest absolute Gasteiger partial charge is 0.168 e. The van der Waals surface area contributed by atoms with E-state index in [1.807, 2.05) is 22.0 Å². The third-order valence-electron chi connectivity index (χ3n) is 4.08. The Morgan fingerprint density at radius 1 is 1.25 bits per heavy atom. The number of hydrogen-bond donors (Lipinski definition) is 1. The normalized spacial score (nSPS) is 11.5. The first-order chi connectivity index (χ1) is 13.4. The predicted octanol–water partition coefficient (Wildman–Crippen LogP) is 6.11. The van der Waals surface area contributed by atoms with Gasteiger partial charge in [0.15, 0.2) is 11.6 Å². The molecule has 0 fully saturated rings. The van der Waals surface area contributed by atoms with Gasteiger partial charge in [-0.2, -0.15) is 5.26 Å². The Balaban J connectivity index is 0.000000878. The maximum atomic E-state index is 14.7. The van der Waals surface area contributed by atoms with E-state index in [0.29, 0.717) is 12.2 Å². The van der Waals surface area contributed by atoms with Crippen LogP contribution < -0.4 is 10.5 Å². The first-order valence-electron chi connectivity index (χ1n) is 8.85. The van der Waals surface area contributed by atoms with Crippen molar-refractivity contribution in [3.8, 4) is 17.6 Å².